The summed E-state index contributed by atoms with van der Waals surface area (Å²) in [6.07, 6.45) is 0. The minimum absolute atomic E-state index is 0.152. The maximum absolute atomic E-state index is 7.28. The molecular formula is C11H16N2S. The molecule has 14 heavy (non-hydrogen) atoms. The van der Waals surface area contributed by atoms with Gasteiger partial charge in [0.15, 0.2) is 0 Å². The first kappa shape index (κ1) is 11.1. The first-order valence-electron chi connectivity index (χ1n) is 4.63. The highest BCUT2D eigenvalue weighted by Crippen LogP contribution is 2.23. The summed E-state index contributed by atoms with van der Waals surface area (Å²) in [5.41, 5.74) is 6.69. The van der Waals surface area contributed by atoms with Crippen LogP contribution in [-0.4, -0.2) is 11.6 Å². The highest BCUT2D eigenvalue weighted by atomic mass is 32.2. The molecule has 0 spiro atoms. The third kappa shape index (κ3) is 3.07. The number of rotatable bonds is 4. The van der Waals surface area contributed by atoms with Crippen molar-refractivity contribution in [3.8, 4) is 0 Å². The zero-order valence-corrected chi connectivity index (χ0v) is 9.40. The van der Waals surface area contributed by atoms with Gasteiger partial charge < -0.3 is 5.73 Å². The fraction of sp³-hybridized carbons (Fsp3) is 0.364. The van der Waals surface area contributed by atoms with Gasteiger partial charge in [0.1, 0.15) is 0 Å². The number of hydrogen-bond donors (Lipinski definition) is 2. The Morgan fingerprint density at radius 3 is 2.71 bits per heavy atom. The highest BCUT2D eigenvalue weighted by Gasteiger charge is 2.06. The Balaban J connectivity index is 2.54. The molecular weight excluding hydrogens is 192 g/mol. The first-order chi connectivity index (χ1) is 6.61. The zero-order valence-electron chi connectivity index (χ0n) is 8.58. The number of hydrogen-bond acceptors (Lipinski definition) is 2. The molecule has 0 radical (unpaired) electrons. The van der Waals surface area contributed by atoms with Crippen molar-refractivity contribution in [1.29, 1.82) is 5.41 Å². The first-order valence-corrected chi connectivity index (χ1v) is 5.62. The third-order valence-corrected chi connectivity index (χ3v) is 3.55. The van der Waals surface area contributed by atoms with Crippen LogP contribution in [0.2, 0.25) is 0 Å². The van der Waals surface area contributed by atoms with Gasteiger partial charge in [-0.3, -0.25) is 5.41 Å². The largest absolute Gasteiger partial charge is 0.387 e. The molecule has 0 saturated heterocycles. The summed E-state index contributed by atoms with van der Waals surface area (Å²) in [4.78, 5) is 1.28. The summed E-state index contributed by atoms with van der Waals surface area (Å²) in [6.45, 7) is 4.08. The molecule has 0 aliphatic carbocycles. The van der Waals surface area contributed by atoms with Crippen molar-refractivity contribution in [3.63, 3.8) is 0 Å². The van der Waals surface area contributed by atoms with Crippen LogP contribution in [0.15, 0.2) is 29.2 Å². The third-order valence-electron chi connectivity index (χ3n) is 2.11. The Hall–Kier alpha value is -0.960. The van der Waals surface area contributed by atoms with E-state index in [-0.39, 0.29) is 11.8 Å². The number of nitrogens with two attached hydrogens (primary N) is 1. The Bertz CT molecular complexity index is 323. The van der Waals surface area contributed by atoms with E-state index in [0.29, 0.717) is 0 Å². The molecule has 1 unspecified atom stereocenters. The van der Waals surface area contributed by atoms with Crippen LogP contribution in [0.25, 0.3) is 0 Å². The predicted molar refractivity (Wildman–Crippen MR) is 63.0 cm³/mol. The molecule has 1 aromatic carbocycles. The molecule has 1 atom stereocenters. The molecule has 0 aromatic heterocycles. The SMILES string of the molecule is Cc1ccccc1SCC(C)C(=N)N. The Morgan fingerprint density at radius 2 is 2.14 bits per heavy atom. The topological polar surface area (TPSA) is 49.9 Å². The normalized spacial score (nSPS) is 12.4. The van der Waals surface area contributed by atoms with Crippen molar-refractivity contribution in [2.45, 2.75) is 18.7 Å². The zero-order chi connectivity index (χ0) is 10.6. The second-order valence-electron chi connectivity index (χ2n) is 3.43. The van der Waals surface area contributed by atoms with Crippen LogP contribution in [-0.2, 0) is 0 Å². The van der Waals surface area contributed by atoms with E-state index < -0.39 is 0 Å². The van der Waals surface area contributed by atoms with Gasteiger partial charge >= 0.3 is 0 Å². The molecule has 1 aromatic rings. The smallest absolute Gasteiger partial charge is 0.0942 e. The molecule has 0 bridgehead atoms. The maximum atomic E-state index is 7.28. The van der Waals surface area contributed by atoms with Gasteiger partial charge in [0, 0.05) is 16.6 Å². The summed E-state index contributed by atoms with van der Waals surface area (Å²) in [7, 11) is 0. The molecule has 1 rings (SSSR count). The molecule has 2 nitrogen and oxygen atoms in total. The standard InChI is InChI=1S/C11H16N2S/c1-8-5-3-4-6-10(8)14-7-9(2)11(12)13/h3-6,9H,7H2,1-2H3,(H3,12,13). The van der Waals surface area contributed by atoms with Crippen LogP contribution in [0, 0.1) is 18.3 Å². The van der Waals surface area contributed by atoms with Crippen LogP contribution >= 0.6 is 11.8 Å². The molecule has 0 aliphatic heterocycles. The Kier molecular flexibility index (Phi) is 4.01. The van der Waals surface area contributed by atoms with E-state index in [1.54, 1.807) is 11.8 Å². The van der Waals surface area contributed by atoms with Crippen molar-refractivity contribution in [2.24, 2.45) is 11.7 Å². The van der Waals surface area contributed by atoms with E-state index in [0.717, 1.165) is 5.75 Å². The van der Waals surface area contributed by atoms with Crippen LogP contribution in [0.4, 0.5) is 0 Å². The molecule has 0 aliphatic rings. The summed E-state index contributed by atoms with van der Waals surface area (Å²) in [5.74, 6) is 1.30. The van der Waals surface area contributed by atoms with Crippen molar-refractivity contribution >= 4 is 17.6 Å². The van der Waals surface area contributed by atoms with Crippen LogP contribution in [0.5, 0.6) is 0 Å². The van der Waals surface area contributed by atoms with E-state index in [2.05, 4.69) is 19.1 Å². The summed E-state index contributed by atoms with van der Waals surface area (Å²) in [6, 6.07) is 8.27. The van der Waals surface area contributed by atoms with Gasteiger partial charge in [0.25, 0.3) is 0 Å². The summed E-state index contributed by atoms with van der Waals surface area (Å²) >= 11 is 1.76. The Labute approximate surface area is 89.4 Å². The van der Waals surface area contributed by atoms with E-state index >= 15 is 0 Å². The molecule has 76 valence electrons. The van der Waals surface area contributed by atoms with Crippen LogP contribution < -0.4 is 5.73 Å². The number of aryl methyl sites for hydroxylation is 1. The van der Waals surface area contributed by atoms with Gasteiger partial charge in [-0.1, -0.05) is 25.1 Å². The minimum atomic E-state index is 0.152. The lowest BCUT2D eigenvalue weighted by Gasteiger charge is -2.10. The molecule has 3 N–H and O–H groups in total. The second-order valence-corrected chi connectivity index (χ2v) is 4.49. The Morgan fingerprint density at radius 1 is 1.50 bits per heavy atom. The van der Waals surface area contributed by atoms with Gasteiger partial charge in [-0.2, -0.15) is 0 Å². The number of amidine groups is 1. The fourth-order valence-electron chi connectivity index (χ4n) is 1.02. The molecule has 3 heteroatoms. The number of nitrogens with one attached hydrogen (secondary N) is 1. The minimum Gasteiger partial charge on any atom is -0.387 e. The highest BCUT2D eigenvalue weighted by molar-refractivity contribution is 7.99. The van der Waals surface area contributed by atoms with Crippen molar-refractivity contribution in [3.05, 3.63) is 29.8 Å². The van der Waals surface area contributed by atoms with Crippen molar-refractivity contribution in [1.82, 2.24) is 0 Å². The van der Waals surface area contributed by atoms with Crippen molar-refractivity contribution < 1.29 is 0 Å². The fourth-order valence-corrected chi connectivity index (χ4v) is 2.10. The second kappa shape index (κ2) is 5.05. The quantitative estimate of drug-likeness (QED) is 0.454. The lowest BCUT2D eigenvalue weighted by Crippen LogP contribution is -2.21. The molecule has 0 amide bonds. The van der Waals surface area contributed by atoms with Gasteiger partial charge in [0.05, 0.1) is 5.84 Å². The predicted octanol–water partition coefficient (Wildman–Crippen LogP) is 2.66. The lowest BCUT2D eigenvalue weighted by atomic mass is 10.2. The maximum Gasteiger partial charge on any atom is 0.0942 e. The van der Waals surface area contributed by atoms with E-state index in [4.69, 9.17) is 11.1 Å². The van der Waals surface area contributed by atoms with Gasteiger partial charge in [-0.25, -0.2) is 0 Å². The van der Waals surface area contributed by atoms with Gasteiger partial charge in [-0.15, -0.1) is 11.8 Å². The summed E-state index contributed by atoms with van der Waals surface area (Å²) < 4.78 is 0. The van der Waals surface area contributed by atoms with E-state index in [1.807, 2.05) is 19.1 Å². The van der Waals surface area contributed by atoms with E-state index in [1.165, 1.54) is 10.5 Å². The molecule has 0 heterocycles. The average molecular weight is 208 g/mol. The van der Waals surface area contributed by atoms with Gasteiger partial charge in [-0.05, 0) is 18.6 Å². The lowest BCUT2D eigenvalue weighted by molar-refractivity contribution is 0.879. The number of thioether (sulfide) groups is 1. The number of benzene rings is 1. The summed E-state index contributed by atoms with van der Waals surface area (Å²) in [5, 5.41) is 7.28. The van der Waals surface area contributed by atoms with Gasteiger partial charge in [0.2, 0.25) is 0 Å². The monoisotopic (exact) mass is 208 g/mol. The van der Waals surface area contributed by atoms with Crippen LogP contribution in [0.3, 0.4) is 0 Å². The van der Waals surface area contributed by atoms with Crippen molar-refractivity contribution in [2.75, 3.05) is 5.75 Å². The van der Waals surface area contributed by atoms with E-state index in [9.17, 15) is 0 Å². The average Bonchev–Trinajstić information content (AvgIpc) is 2.16. The molecule has 0 saturated carbocycles. The van der Waals surface area contributed by atoms with Crippen LogP contribution in [0.1, 0.15) is 12.5 Å². The molecule has 0 fully saturated rings.